The van der Waals surface area contributed by atoms with E-state index in [0.29, 0.717) is 17.3 Å². The van der Waals surface area contributed by atoms with Crippen LogP contribution in [0.3, 0.4) is 0 Å². The van der Waals surface area contributed by atoms with Crippen LogP contribution in [-0.2, 0) is 6.42 Å². The number of para-hydroxylation sites is 1. The molecule has 0 saturated heterocycles. The number of carbonyl (C=O) groups is 1. The first kappa shape index (κ1) is 16.9. The van der Waals surface area contributed by atoms with Gasteiger partial charge in [-0.2, -0.15) is 0 Å². The largest absolute Gasteiger partial charge is 0.352 e. The normalized spacial score (nSPS) is 11.1. The average Bonchev–Trinajstić information content (AvgIpc) is 3.07. The Hall–Kier alpha value is -2.50. The number of aryl methyl sites for hydroxylation is 1. The first-order valence-electron chi connectivity index (χ1n) is 8.38. The first-order chi connectivity index (χ1) is 12.7. The van der Waals surface area contributed by atoms with Crippen LogP contribution in [0.1, 0.15) is 21.8 Å². The van der Waals surface area contributed by atoms with Gasteiger partial charge in [-0.25, -0.2) is 9.97 Å². The van der Waals surface area contributed by atoms with E-state index in [1.807, 2.05) is 36.4 Å². The van der Waals surface area contributed by atoms with Crippen LogP contribution in [0.4, 0.5) is 0 Å². The van der Waals surface area contributed by atoms with Gasteiger partial charge in [0.05, 0.1) is 20.7 Å². The Morgan fingerprint density at radius 1 is 1.04 bits per heavy atom. The number of amides is 1. The van der Waals surface area contributed by atoms with Crippen LogP contribution < -0.4 is 5.32 Å². The van der Waals surface area contributed by atoms with Crippen molar-refractivity contribution in [1.82, 2.24) is 15.3 Å². The number of benzene rings is 2. The summed E-state index contributed by atoms with van der Waals surface area (Å²) in [6, 6.07) is 17.2. The molecule has 0 radical (unpaired) electrons. The average molecular weight is 382 g/mol. The van der Waals surface area contributed by atoms with Gasteiger partial charge in [0.15, 0.2) is 0 Å². The Balaban J connectivity index is 1.34. The SMILES string of the molecule is O=C(NCCCc1nc2ccccc2s1)c1ccc2nc(Cl)ccc2c1. The summed E-state index contributed by atoms with van der Waals surface area (Å²) < 4.78 is 1.21. The van der Waals surface area contributed by atoms with Gasteiger partial charge in [-0.15, -0.1) is 11.3 Å². The van der Waals surface area contributed by atoms with Crippen molar-refractivity contribution in [3.8, 4) is 0 Å². The molecule has 0 atom stereocenters. The second kappa shape index (κ2) is 7.40. The van der Waals surface area contributed by atoms with Gasteiger partial charge in [0.1, 0.15) is 5.15 Å². The third-order valence-corrected chi connectivity index (χ3v) is 5.42. The zero-order valence-electron chi connectivity index (χ0n) is 13.9. The van der Waals surface area contributed by atoms with Crippen molar-refractivity contribution in [1.29, 1.82) is 0 Å². The molecule has 0 aliphatic heterocycles. The summed E-state index contributed by atoms with van der Waals surface area (Å²) in [5, 5.41) is 5.42. The lowest BCUT2D eigenvalue weighted by Crippen LogP contribution is -2.24. The molecule has 4 aromatic rings. The van der Waals surface area contributed by atoms with Crippen molar-refractivity contribution in [2.45, 2.75) is 12.8 Å². The number of hydrogen-bond acceptors (Lipinski definition) is 4. The molecule has 130 valence electrons. The topological polar surface area (TPSA) is 54.9 Å². The number of aromatic nitrogens is 2. The minimum atomic E-state index is -0.0776. The zero-order chi connectivity index (χ0) is 17.9. The minimum Gasteiger partial charge on any atom is -0.352 e. The smallest absolute Gasteiger partial charge is 0.251 e. The first-order valence-corrected chi connectivity index (χ1v) is 9.57. The molecule has 2 aromatic heterocycles. The molecule has 0 fully saturated rings. The summed E-state index contributed by atoms with van der Waals surface area (Å²) in [5.41, 5.74) is 2.45. The Kier molecular flexibility index (Phi) is 4.82. The number of nitrogens with zero attached hydrogens (tertiary/aromatic N) is 2. The van der Waals surface area contributed by atoms with Crippen molar-refractivity contribution in [3.05, 3.63) is 70.3 Å². The van der Waals surface area contributed by atoms with Gasteiger partial charge in [0, 0.05) is 23.9 Å². The molecule has 26 heavy (non-hydrogen) atoms. The van der Waals surface area contributed by atoms with Gasteiger partial charge in [-0.1, -0.05) is 23.7 Å². The Labute approximate surface area is 159 Å². The van der Waals surface area contributed by atoms with E-state index in [9.17, 15) is 4.79 Å². The highest BCUT2D eigenvalue weighted by Gasteiger charge is 2.08. The maximum atomic E-state index is 12.3. The molecular formula is C20H16ClN3OS. The number of pyridine rings is 1. The lowest BCUT2D eigenvalue weighted by molar-refractivity contribution is 0.0953. The lowest BCUT2D eigenvalue weighted by atomic mass is 10.1. The number of thiazole rings is 1. The second-order valence-electron chi connectivity index (χ2n) is 5.98. The Morgan fingerprint density at radius 2 is 1.92 bits per heavy atom. The molecule has 1 N–H and O–H groups in total. The van der Waals surface area contributed by atoms with E-state index in [1.165, 1.54) is 4.70 Å². The van der Waals surface area contributed by atoms with Crippen LogP contribution in [0.15, 0.2) is 54.6 Å². The van der Waals surface area contributed by atoms with E-state index in [0.717, 1.165) is 34.3 Å². The molecule has 0 saturated carbocycles. The second-order valence-corrected chi connectivity index (χ2v) is 7.48. The summed E-state index contributed by atoms with van der Waals surface area (Å²) in [4.78, 5) is 21.2. The van der Waals surface area contributed by atoms with Gasteiger partial charge in [-0.05, 0) is 48.9 Å². The van der Waals surface area contributed by atoms with Crippen LogP contribution in [0.5, 0.6) is 0 Å². The number of carbonyl (C=O) groups excluding carboxylic acids is 1. The molecule has 2 heterocycles. The van der Waals surface area contributed by atoms with Gasteiger partial charge < -0.3 is 5.32 Å². The molecule has 0 aliphatic carbocycles. The van der Waals surface area contributed by atoms with Crippen molar-refractivity contribution in [2.24, 2.45) is 0 Å². The predicted octanol–water partition coefficient (Wildman–Crippen LogP) is 4.86. The summed E-state index contributed by atoms with van der Waals surface area (Å²) in [6.07, 6.45) is 1.72. The summed E-state index contributed by atoms with van der Waals surface area (Å²) >= 11 is 7.60. The molecule has 0 unspecified atom stereocenters. The summed E-state index contributed by atoms with van der Waals surface area (Å²) in [5.74, 6) is -0.0776. The predicted molar refractivity (Wildman–Crippen MR) is 107 cm³/mol. The molecule has 0 aliphatic rings. The maximum Gasteiger partial charge on any atom is 0.251 e. The minimum absolute atomic E-state index is 0.0776. The van der Waals surface area contributed by atoms with Crippen LogP contribution in [0.2, 0.25) is 5.15 Å². The molecule has 0 spiro atoms. The zero-order valence-corrected chi connectivity index (χ0v) is 15.5. The standard InChI is InChI=1S/C20H16ClN3OS/c21-18-10-8-13-12-14(7-9-15(13)23-18)20(25)22-11-3-6-19-24-16-4-1-2-5-17(16)26-19/h1-2,4-5,7-10,12H,3,6,11H2,(H,22,25). The number of fused-ring (bicyclic) bond motifs is 2. The Bertz CT molecular complexity index is 1060. The highest BCUT2D eigenvalue weighted by molar-refractivity contribution is 7.18. The quantitative estimate of drug-likeness (QED) is 0.396. The fraction of sp³-hybridized carbons (Fsp3) is 0.150. The van der Waals surface area contributed by atoms with Gasteiger partial charge in [0.25, 0.3) is 5.91 Å². The monoisotopic (exact) mass is 381 g/mol. The van der Waals surface area contributed by atoms with E-state index < -0.39 is 0 Å². The van der Waals surface area contributed by atoms with E-state index >= 15 is 0 Å². The van der Waals surface area contributed by atoms with Gasteiger partial charge in [0.2, 0.25) is 0 Å². The van der Waals surface area contributed by atoms with E-state index in [4.69, 9.17) is 11.6 Å². The van der Waals surface area contributed by atoms with Gasteiger partial charge >= 0.3 is 0 Å². The summed E-state index contributed by atoms with van der Waals surface area (Å²) in [6.45, 7) is 0.617. The fourth-order valence-electron chi connectivity index (χ4n) is 2.81. The lowest BCUT2D eigenvalue weighted by Gasteiger charge is -2.06. The van der Waals surface area contributed by atoms with Gasteiger partial charge in [-0.3, -0.25) is 4.79 Å². The summed E-state index contributed by atoms with van der Waals surface area (Å²) in [7, 11) is 0. The van der Waals surface area contributed by atoms with E-state index in [1.54, 1.807) is 23.5 Å². The van der Waals surface area contributed by atoms with Crippen LogP contribution in [-0.4, -0.2) is 22.4 Å². The number of halogens is 1. The molecule has 6 heteroatoms. The van der Waals surface area contributed by atoms with Crippen molar-refractivity contribution >= 4 is 50.0 Å². The van der Waals surface area contributed by atoms with Crippen LogP contribution >= 0.6 is 22.9 Å². The molecule has 0 bridgehead atoms. The molecule has 4 nitrogen and oxygen atoms in total. The molecular weight excluding hydrogens is 366 g/mol. The van der Waals surface area contributed by atoms with E-state index in [2.05, 4.69) is 21.4 Å². The highest BCUT2D eigenvalue weighted by Crippen LogP contribution is 2.22. The molecule has 1 amide bonds. The van der Waals surface area contributed by atoms with Crippen molar-refractivity contribution < 1.29 is 4.79 Å². The third kappa shape index (κ3) is 3.69. The number of rotatable bonds is 5. The maximum absolute atomic E-state index is 12.3. The van der Waals surface area contributed by atoms with Crippen LogP contribution in [0, 0.1) is 0 Å². The highest BCUT2D eigenvalue weighted by atomic mass is 35.5. The van der Waals surface area contributed by atoms with Crippen molar-refractivity contribution in [2.75, 3.05) is 6.54 Å². The molecule has 4 rings (SSSR count). The fourth-order valence-corrected chi connectivity index (χ4v) is 3.98. The molecule has 2 aromatic carbocycles. The number of hydrogen-bond donors (Lipinski definition) is 1. The third-order valence-electron chi connectivity index (χ3n) is 4.11. The number of nitrogens with one attached hydrogen (secondary N) is 1. The van der Waals surface area contributed by atoms with Crippen molar-refractivity contribution in [3.63, 3.8) is 0 Å². The Morgan fingerprint density at radius 3 is 2.81 bits per heavy atom. The van der Waals surface area contributed by atoms with Crippen LogP contribution in [0.25, 0.3) is 21.1 Å². The van der Waals surface area contributed by atoms with E-state index in [-0.39, 0.29) is 5.91 Å².